The quantitative estimate of drug-likeness (QED) is 0.310. The average Bonchev–Trinajstić information content (AvgIpc) is 3.40. The first-order valence-corrected chi connectivity index (χ1v) is 11.7. The topological polar surface area (TPSA) is 88.8 Å². The molecule has 0 saturated heterocycles. The zero-order chi connectivity index (χ0) is 24.6. The van der Waals surface area contributed by atoms with Crippen LogP contribution in [0.25, 0.3) is 27.7 Å². The minimum atomic E-state index is -1.10. The number of halogens is 1. The van der Waals surface area contributed by atoms with E-state index in [9.17, 15) is 5.11 Å². The van der Waals surface area contributed by atoms with Crippen LogP contribution in [-0.2, 0) is 5.60 Å². The zero-order valence-corrected chi connectivity index (χ0v) is 20.4. The summed E-state index contributed by atoms with van der Waals surface area (Å²) in [5.74, 6) is 0.375. The van der Waals surface area contributed by atoms with Gasteiger partial charge in [-0.25, -0.2) is 14.6 Å². The lowest BCUT2D eigenvalue weighted by molar-refractivity contribution is 0.0687. The van der Waals surface area contributed by atoms with Crippen LogP contribution < -0.4 is 5.32 Å². The summed E-state index contributed by atoms with van der Waals surface area (Å²) < 4.78 is 1.84. The molecule has 0 saturated carbocycles. The Morgan fingerprint density at radius 1 is 0.971 bits per heavy atom. The van der Waals surface area contributed by atoms with Crippen molar-refractivity contribution in [3.05, 3.63) is 95.9 Å². The molecule has 0 radical (unpaired) electrons. The number of fused-ring (bicyclic) bond motifs is 1. The second-order valence-electron chi connectivity index (χ2n) is 8.98. The second kappa shape index (κ2) is 9.09. The summed E-state index contributed by atoms with van der Waals surface area (Å²) in [5, 5.41) is 19.5. The van der Waals surface area contributed by atoms with Crippen molar-refractivity contribution in [2.24, 2.45) is 0 Å². The molecule has 1 unspecified atom stereocenters. The van der Waals surface area contributed by atoms with Gasteiger partial charge in [0.2, 0.25) is 0 Å². The number of aliphatic hydroxyl groups is 1. The van der Waals surface area contributed by atoms with E-state index < -0.39 is 5.60 Å². The van der Waals surface area contributed by atoms with Gasteiger partial charge >= 0.3 is 0 Å². The normalized spacial score (nSPS) is 12.6. The van der Waals surface area contributed by atoms with Crippen LogP contribution in [0, 0.1) is 0 Å². The molecule has 0 aliphatic heterocycles. The van der Waals surface area contributed by atoms with Gasteiger partial charge < -0.3 is 10.4 Å². The highest BCUT2D eigenvalue weighted by atomic mass is 35.5. The Kier molecular flexibility index (Phi) is 5.96. The molecule has 1 atom stereocenters. The van der Waals surface area contributed by atoms with Gasteiger partial charge in [-0.3, -0.25) is 4.98 Å². The van der Waals surface area contributed by atoms with Gasteiger partial charge in [-0.2, -0.15) is 5.10 Å². The van der Waals surface area contributed by atoms with Crippen LogP contribution in [0.5, 0.6) is 0 Å². The molecule has 0 fully saturated rings. The molecule has 0 spiro atoms. The Hall–Kier alpha value is -3.81. The van der Waals surface area contributed by atoms with E-state index >= 15 is 0 Å². The number of anilines is 1. The van der Waals surface area contributed by atoms with E-state index in [0.29, 0.717) is 10.8 Å². The maximum Gasteiger partial charge on any atom is 0.159 e. The van der Waals surface area contributed by atoms with Gasteiger partial charge in [0, 0.05) is 48.0 Å². The fraction of sp³-hybridized carbons (Fsp3) is 0.185. The SMILES string of the molecule is CC(Nc1c(Cl)cnc2ccc(-c3cnc(C(C)(C)O)nc3)cc12)c1cccc(-n2cccn2)c1. The van der Waals surface area contributed by atoms with E-state index in [2.05, 4.69) is 44.4 Å². The first kappa shape index (κ1) is 23.0. The van der Waals surface area contributed by atoms with E-state index in [1.807, 2.05) is 47.3 Å². The molecule has 0 amide bonds. The Bertz CT molecular complexity index is 1480. The summed E-state index contributed by atoms with van der Waals surface area (Å²) in [5.41, 5.74) is 4.40. The van der Waals surface area contributed by atoms with Crippen molar-refractivity contribution in [2.45, 2.75) is 32.4 Å². The number of hydrogen-bond donors (Lipinski definition) is 2. The molecule has 0 aliphatic rings. The zero-order valence-electron chi connectivity index (χ0n) is 19.6. The summed E-state index contributed by atoms with van der Waals surface area (Å²) in [6, 6.07) is 16.1. The molecule has 35 heavy (non-hydrogen) atoms. The first-order chi connectivity index (χ1) is 16.8. The van der Waals surface area contributed by atoms with Crippen molar-refractivity contribution in [3.8, 4) is 16.8 Å². The molecule has 0 bridgehead atoms. The van der Waals surface area contributed by atoms with Gasteiger partial charge in [0.05, 0.1) is 21.9 Å². The fourth-order valence-electron chi connectivity index (χ4n) is 3.95. The third kappa shape index (κ3) is 4.73. The maximum absolute atomic E-state index is 10.1. The van der Waals surface area contributed by atoms with Crippen molar-refractivity contribution in [3.63, 3.8) is 0 Å². The number of benzene rings is 2. The van der Waals surface area contributed by atoms with Crippen molar-refractivity contribution in [1.82, 2.24) is 24.7 Å². The number of hydrogen-bond acceptors (Lipinski definition) is 6. The van der Waals surface area contributed by atoms with Gasteiger partial charge in [-0.1, -0.05) is 29.8 Å². The lowest BCUT2D eigenvalue weighted by Crippen LogP contribution is -2.19. The van der Waals surface area contributed by atoms with Crippen molar-refractivity contribution in [2.75, 3.05) is 5.32 Å². The Morgan fingerprint density at radius 2 is 1.77 bits per heavy atom. The number of nitrogens with one attached hydrogen (secondary N) is 1. The van der Waals surface area contributed by atoms with E-state index in [1.165, 1.54) is 0 Å². The van der Waals surface area contributed by atoms with Gasteiger partial charge in [-0.15, -0.1) is 0 Å². The van der Waals surface area contributed by atoms with Crippen molar-refractivity contribution < 1.29 is 5.11 Å². The molecule has 176 valence electrons. The summed E-state index contributed by atoms with van der Waals surface area (Å²) in [7, 11) is 0. The molecule has 2 aromatic carbocycles. The van der Waals surface area contributed by atoms with Gasteiger partial charge in [0.1, 0.15) is 5.60 Å². The standard InChI is InChI=1S/C27H25ClN6O/c1-17(18-6-4-7-21(12-18)34-11-5-10-32-34)33-25-22-13-19(8-9-24(22)29-16-23(25)28)20-14-30-26(31-15-20)27(2,3)35/h4-17,35H,1-3H3,(H,29,33). The van der Waals surface area contributed by atoms with Crippen molar-refractivity contribution >= 4 is 28.2 Å². The minimum Gasteiger partial charge on any atom is -0.382 e. The number of pyridine rings is 1. The van der Waals surface area contributed by atoms with E-state index in [1.54, 1.807) is 38.6 Å². The van der Waals surface area contributed by atoms with Crippen LogP contribution in [-0.4, -0.2) is 29.8 Å². The van der Waals surface area contributed by atoms with Crippen LogP contribution in [0.1, 0.15) is 38.2 Å². The average molecular weight is 485 g/mol. The molecule has 7 nitrogen and oxygen atoms in total. The van der Waals surface area contributed by atoms with E-state index in [-0.39, 0.29) is 6.04 Å². The molecule has 8 heteroatoms. The lowest BCUT2D eigenvalue weighted by atomic mass is 10.0. The third-order valence-electron chi connectivity index (χ3n) is 5.85. The Morgan fingerprint density at radius 3 is 2.49 bits per heavy atom. The molecular weight excluding hydrogens is 460 g/mol. The largest absolute Gasteiger partial charge is 0.382 e. The highest BCUT2D eigenvalue weighted by Crippen LogP contribution is 2.35. The van der Waals surface area contributed by atoms with Crippen molar-refractivity contribution in [1.29, 1.82) is 0 Å². The number of aromatic nitrogens is 5. The number of nitrogens with zero attached hydrogens (tertiary/aromatic N) is 5. The fourth-order valence-corrected chi connectivity index (χ4v) is 4.15. The van der Waals surface area contributed by atoms with Gasteiger partial charge in [0.25, 0.3) is 0 Å². The Labute approximate surface area is 208 Å². The van der Waals surface area contributed by atoms with Crippen LogP contribution >= 0.6 is 11.6 Å². The summed E-state index contributed by atoms with van der Waals surface area (Å²) in [6.45, 7) is 5.42. The molecule has 3 heterocycles. The predicted molar refractivity (Wildman–Crippen MR) is 139 cm³/mol. The third-order valence-corrected chi connectivity index (χ3v) is 6.14. The Balaban J connectivity index is 1.49. The van der Waals surface area contributed by atoms with Crippen LogP contribution in [0.3, 0.4) is 0 Å². The summed E-state index contributed by atoms with van der Waals surface area (Å²) >= 11 is 6.62. The van der Waals surface area contributed by atoms with Crippen LogP contribution in [0.2, 0.25) is 5.02 Å². The monoisotopic (exact) mass is 484 g/mol. The number of rotatable bonds is 6. The van der Waals surface area contributed by atoms with Crippen LogP contribution in [0.15, 0.2) is 79.5 Å². The lowest BCUT2D eigenvalue weighted by Gasteiger charge is -2.19. The first-order valence-electron chi connectivity index (χ1n) is 11.3. The molecule has 5 rings (SSSR count). The minimum absolute atomic E-state index is 0.0216. The van der Waals surface area contributed by atoms with E-state index in [0.717, 1.165) is 39.0 Å². The summed E-state index contributed by atoms with van der Waals surface area (Å²) in [4.78, 5) is 13.2. The smallest absolute Gasteiger partial charge is 0.159 e. The molecular formula is C27H25ClN6O. The van der Waals surface area contributed by atoms with E-state index in [4.69, 9.17) is 11.6 Å². The van der Waals surface area contributed by atoms with Gasteiger partial charge in [-0.05, 0) is 62.2 Å². The predicted octanol–water partition coefficient (Wildman–Crippen LogP) is 5.93. The molecule has 0 aliphatic carbocycles. The highest BCUT2D eigenvalue weighted by molar-refractivity contribution is 6.34. The van der Waals surface area contributed by atoms with Crippen LogP contribution in [0.4, 0.5) is 5.69 Å². The molecule has 5 aromatic rings. The highest BCUT2D eigenvalue weighted by Gasteiger charge is 2.19. The molecule has 3 aromatic heterocycles. The maximum atomic E-state index is 10.1. The molecule has 2 N–H and O–H groups in total. The van der Waals surface area contributed by atoms with Gasteiger partial charge in [0.15, 0.2) is 5.82 Å². The second-order valence-corrected chi connectivity index (χ2v) is 9.39. The summed E-state index contributed by atoms with van der Waals surface area (Å²) in [6.07, 6.45) is 8.79.